The molecule has 5 nitrogen and oxygen atoms in total. The SMILES string of the molecule is CC(C)C(CN)C(=O)NC(C)(CO)CO. The van der Waals surface area contributed by atoms with Gasteiger partial charge in [-0.25, -0.2) is 0 Å². The predicted octanol–water partition coefficient (Wildman–Crippen LogP) is -0.923. The fraction of sp³-hybridized carbons (Fsp3) is 0.900. The maximum absolute atomic E-state index is 11.7. The summed E-state index contributed by atoms with van der Waals surface area (Å²) < 4.78 is 0. The molecule has 0 heterocycles. The minimum atomic E-state index is -0.973. The van der Waals surface area contributed by atoms with Crippen molar-refractivity contribution in [2.45, 2.75) is 26.3 Å². The normalized spacial score (nSPS) is 14.1. The Morgan fingerprint density at radius 1 is 1.40 bits per heavy atom. The Bertz CT molecular complexity index is 203. The highest BCUT2D eigenvalue weighted by atomic mass is 16.3. The van der Waals surface area contributed by atoms with Crippen LogP contribution in [0, 0.1) is 11.8 Å². The molecule has 1 unspecified atom stereocenters. The maximum atomic E-state index is 11.7. The number of nitrogens with two attached hydrogens (primary N) is 1. The van der Waals surface area contributed by atoms with Crippen molar-refractivity contribution in [2.75, 3.05) is 19.8 Å². The van der Waals surface area contributed by atoms with Crippen LogP contribution in [0.3, 0.4) is 0 Å². The molecular formula is C10H22N2O3. The van der Waals surface area contributed by atoms with Gasteiger partial charge in [0.1, 0.15) is 0 Å². The largest absolute Gasteiger partial charge is 0.394 e. The van der Waals surface area contributed by atoms with E-state index in [2.05, 4.69) is 5.32 Å². The lowest BCUT2D eigenvalue weighted by atomic mass is 9.93. The molecule has 0 radical (unpaired) electrons. The summed E-state index contributed by atoms with van der Waals surface area (Å²) in [4.78, 5) is 11.7. The Hall–Kier alpha value is -0.650. The van der Waals surface area contributed by atoms with Crippen molar-refractivity contribution >= 4 is 5.91 Å². The Morgan fingerprint density at radius 3 is 2.13 bits per heavy atom. The van der Waals surface area contributed by atoms with Crippen LogP contribution < -0.4 is 11.1 Å². The molecule has 0 aliphatic carbocycles. The first-order valence-corrected chi connectivity index (χ1v) is 5.14. The molecule has 1 atom stereocenters. The Kier molecular flexibility index (Phi) is 5.79. The molecule has 0 bridgehead atoms. The van der Waals surface area contributed by atoms with E-state index < -0.39 is 5.54 Å². The summed E-state index contributed by atoms with van der Waals surface area (Å²) in [6.45, 7) is 5.06. The van der Waals surface area contributed by atoms with Crippen LogP contribution in [0.2, 0.25) is 0 Å². The molecule has 0 aliphatic rings. The first-order valence-electron chi connectivity index (χ1n) is 5.14. The van der Waals surface area contributed by atoms with E-state index in [0.717, 1.165) is 0 Å². The van der Waals surface area contributed by atoms with Crippen molar-refractivity contribution in [1.82, 2.24) is 5.32 Å². The molecule has 90 valence electrons. The summed E-state index contributed by atoms with van der Waals surface area (Å²) in [6, 6.07) is 0. The number of amides is 1. The van der Waals surface area contributed by atoms with Gasteiger partial charge < -0.3 is 21.3 Å². The summed E-state index contributed by atoms with van der Waals surface area (Å²) in [5.41, 5.74) is 4.52. The van der Waals surface area contributed by atoms with Crippen molar-refractivity contribution < 1.29 is 15.0 Å². The van der Waals surface area contributed by atoms with Crippen LogP contribution in [0.25, 0.3) is 0 Å². The highest BCUT2D eigenvalue weighted by Crippen LogP contribution is 2.11. The summed E-state index contributed by atoms with van der Waals surface area (Å²) in [5.74, 6) is -0.378. The summed E-state index contributed by atoms with van der Waals surface area (Å²) in [5, 5.41) is 20.6. The van der Waals surface area contributed by atoms with Gasteiger partial charge in [-0.3, -0.25) is 4.79 Å². The molecule has 0 saturated carbocycles. The second-order valence-corrected chi connectivity index (χ2v) is 4.45. The highest BCUT2D eigenvalue weighted by Gasteiger charge is 2.29. The number of hydrogen-bond donors (Lipinski definition) is 4. The number of rotatable bonds is 6. The first-order chi connectivity index (χ1) is 6.90. The molecular weight excluding hydrogens is 196 g/mol. The summed E-state index contributed by atoms with van der Waals surface area (Å²) >= 11 is 0. The number of nitrogens with one attached hydrogen (secondary N) is 1. The Balaban J connectivity index is 4.45. The van der Waals surface area contributed by atoms with E-state index in [0.29, 0.717) is 0 Å². The Morgan fingerprint density at radius 2 is 1.87 bits per heavy atom. The van der Waals surface area contributed by atoms with Gasteiger partial charge in [0, 0.05) is 6.54 Å². The van der Waals surface area contributed by atoms with Gasteiger partial charge in [0.05, 0.1) is 24.7 Å². The van der Waals surface area contributed by atoms with Gasteiger partial charge >= 0.3 is 0 Å². The number of aliphatic hydroxyl groups excluding tert-OH is 2. The van der Waals surface area contributed by atoms with Crippen LogP contribution in [0.5, 0.6) is 0 Å². The monoisotopic (exact) mass is 218 g/mol. The fourth-order valence-electron chi connectivity index (χ4n) is 1.20. The van der Waals surface area contributed by atoms with Gasteiger partial charge in [-0.15, -0.1) is 0 Å². The molecule has 0 rings (SSSR count). The molecule has 15 heavy (non-hydrogen) atoms. The first kappa shape index (κ1) is 14.3. The number of carbonyl (C=O) groups excluding carboxylic acids is 1. The molecule has 0 aromatic heterocycles. The minimum Gasteiger partial charge on any atom is -0.394 e. The molecule has 5 heteroatoms. The third-order valence-corrected chi connectivity index (χ3v) is 2.52. The van der Waals surface area contributed by atoms with E-state index in [-0.39, 0.29) is 37.5 Å². The second-order valence-electron chi connectivity index (χ2n) is 4.45. The van der Waals surface area contributed by atoms with Crippen LogP contribution in [-0.4, -0.2) is 41.4 Å². The van der Waals surface area contributed by atoms with Crippen LogP contribution >= 0.6 is 0 Å². The zero-order valence-electron chi connectivity index (χ0n) is 9.66. The molecule has 5 N–H and O–H groups in total. The lowest BCUT2D eigenvalue weighted by molar-refractivity contribution is -0.129. The number of carbonyl (C=O) groups is 1. The quantitative estimate of drug-likeness (QED) is 0.463. The van der Waals surface area contributed by atoms with Crippen molar-refractivity contribution in [2.24, 2.45) is 17.6 Å². The van der Waals surface area contributed by atoms with Crippen molar-refractivity contribution in [3.05, 3.63) is 0 Å². The second kappa shape index (κ2) is 6.05. The third kappa shape index (κ3) is 4.15. The van der Waals surface area contributed by atoms with Crippen LogP contribution in [-0.2, 0) is 4.79 Å². The number of hydrogen-bond acceptors (Lipinski definition) is 4. The topological polar surface area (TPSA) is 95.6 Å². The van der Waals surface area contributed by atoms with E-state index >= 15 is 0 Å². The molecule has 0 aromatic carbocycles. The zero-order valence-corrected chi connectivity index (χ0v) is 9.66. The van der Waals surface area contributed by atoms with Gasteiger partial charge in [0.15, 0.2) is 0 Å². The molecule has 0 aliphatic heterocycles. The van der Waals surface area contributed by atoms with Gasteiger partial charge in [0.2, 0.25) is 5.91 Å². The summed E-state index contributed by atoms with van der Waals surface area (Å²) in [6.07, 6.45) is 0. The molecule has 0 spiro atoms. The lowest BCUT2D eigenvalue weighted by Gasteiger charge is -2.29. The average Bonchev–Trinajstić information content (AvgIpc) is 2.18. The van der Waals surface area contributed by atoms with Crippen LogP contribution in [0.1, 0.15) is 20.8 Å². The van der Waals surface area contributed by atoms with Gasteiger partial charge in [0.25, 0.3) is 0 Å². The van der Waals surface area contributed by atoms with Crippen LogP contribution in [0.15, 0.2) is 0 Å². The molecule has 1 amide bonds. The van der Waals surface area contributed by atoms with Crippen molar-refractivity contribution in [1.29, 1.82) is 0 Å². The number of aliphatic hydroxyl groups is 2. The Labute approximate surface area is 90.7 Å². The van der Waals surface area contributed by atoms with E-state index in [1.165, 1.54) is 0 Å². The smallest absolute Gasteiger partial charge is 0.225 e. The van der Waals surface area contributed by atoms with Crippen LogP contribution in [0.4, 0.5) is 0 Å². The minimum absolute atomic E-state index is 0.136. The van der Waals surface area contributed by atoms with E-state index in [1.807, 2.05) is 13.8 Å². The molecule has 0 fully saturated rings. The van der Waals surface area contributed by atoms with E-state index in [9.17, 15) is 4.79 Å². The third-order valence-electron chi connectivity index (χ3n) is 2.52. The lowest BCUT2D eigenvalue weighted by Crippen LogP contribution is -2.54. The predicted molar refractivity (Wildman–Crippen MR) is 58.1 cm³/mol. The van der Waals surface area contributed by atoms with Crippen molar-refractivity contribution in [3.8, 4) is 0 Å². The van der Waals surface area contributed by atoms with Gasteiger partial charge in [-0.05, 0) is 12.8 Å². The van der Waals surface area contributed by atoms with Crippen molar-refractivity contribution in [3.63, 3.8) is 0 Å². The van der Waals surface area contributed by atoms with E-state index in [4.69, 9.17) is 15.9 Å². The highest BCUT2D eigenvalue weighted by molar-refractivity contribution is 5.79. The molecule has 0 aromatic rings. The van der Waals surface area contributed by atoms with Gasteiger partial charge in [-0.1, -0.05) is 13.8 Å². The standard InChI is InChI=1S/C10H22N2O3/c1-7(2)8(4-11)9(15)12-10(3,5-13)6-14/h7-8,13-14H,4-6,11H2,1-3H3,(H,12,15). The summed E-state index contributed by atoms with van der Waals surface area (Å²) in [7, 11) is 0. The molecule has 0 saturated heterocycles. The average molecular weight is 218 g/mol. The van der Waals surface area contributed by atoms with Gasteiger partial charge in [-0.2, -0.15) is 0 Å². The zero-order chi connectivity index (χ0) is 12.1. The fourth-order valence-corrected chi connectivity index (χ4v) is 1.20. The maximum Gasteiger partial charge on any atom is 0.225 e. The van der Waals surface area contributed by atoms with E-state index in [1.54, 1.807) is 6.92 Å².